The van der Waals surface area contributed by atoms with Gasteiger partial charge in [-0.15, -0.1) is 0 Å². The summed E-state index contributed by atoms with van der Waals surface area (Å²) in [5.41, 5.74) is 2.30. The monoisotopic (exact) mass is 539 g/mol. The number of rotatable bonds is 9. The fraction of sp³-hybridized carbons (Fsp3) is 0.250. The summed E-state index contributed by atoms with van der Waals surface area (Å²) in [6.07, 6.45) is 1.38. The Labute approximate surface area is 209 Å². The van der Waals surface area contributed by atoms with E-state index in [2.05, 4.69) is 4.98 Å². The van der Waals surface area contributed by atoms with Gasteiger partial charge in [0, 0.05) is 30.3 Å². The van der Waals surface area contributed by atoms with Gasteiger partial charge in [-0.3, -0.25) is 9.78 Å². The fourth-order valence-electron chi connectivity index (χ4n) is 3.36. The maximum absolute atomic E-state index is 12.6. The van der Waals surface area contributed by atoms with Gasteiger partial charge in [-0.1, -0.05) is 49.2 Å². The van der Waals surface area contributed by atoms with E-state index in [0.717, 1.165) is 0 Å². The highest BCUT2D eigenvalue weighted by Crippen LogP contribution is 2.36. The summed E-state index contributed by atoms with van der Waals surface area (Å²) < 4.78 is 47.8. The highest BCUT2D eigenvalue weighted by atomic mass is 35.5. The lowest BCUT2D eigenvalue weighted by Crippen LogP contribution is -2.09. The van der Waals surface area contributed by atoms with Crippen LogP contribution in [0.25, 0.3) is 11.1 Å². The second-order valence-electron chi connectivity index (χ2n) is 7.64. The van der Waals surface area contributed by atoms with Gasteiger partial charge in [-0.2, -0.15) is 0 Å². The molecule has 0 saturated heterocycles. The average Bonchev–Trinajstić information content (AvgIpc) is 2.79. The predicted molar refractivity (Wildman–Crippen MR) is 134 cm³/mol. The molecule has 0 spiro atoms. The molecule has 2 aromatic carbocycles. The van der Waals surface area contributed by atoms with E-state index >= 15 is 0 Å². The first-order chi connectivity index (χ1) is 16.0. The second kappa shape index (κ2) is 10.6. The molecule has 0 radical (unpaired) electrons. The van der Waals surface area contributed by atoms with Crippen molar-refractivity contribution in [2.75, 3.05) is 11.5 Å². The minimum Gasteiger partial charge on any atom is -0.299 e. The Kier molecular flexibility index (Phi) is 8.18. The Morgan fingerprint density at radius 1 is 0.794 bits per heavy atom. The van der Waals surface area contributed by atoms with Gasteiger partial charge in [0.25, 0.3) is 0 Å². The van der Waals surface area contributed by atoms with E-state index in [9.17, 15) is 21.6 Å². The van der Waals surface area contributed by atoms with Crippen molar-refractivity contribution in [3.63, 3.8) is 0 Å². The molecule has 1 heterocycles. The van der Waals surface area contributed by atoms with Gasteiger partial charge >= 0.3 is 0 Å². The first-order valence-corrected chi connectivity index (χ1v) is 14.5. The van der Waals surface area contributed by atoms with Crippen LogP contribution < -0.4 is 0 Å². The van der Waals surface area contributed by atoms with E-state index < -0.39 is 19.7 Å². The van der Waals surface area contributed by atoms with Crippen molar-refractivity contribution in [3.8, 4) is 11.1 Å². The molecule has 0 amide bonds. The number of pyridine rings is 1. The summed E-state index contributed by atoms with van der Waals surface area (Å²) >= 11 is 12.9. The molecule has 0 atom stereocenters. The zero-order chi connectivity index (χ0) is 25.1. The van der Waals surface area contributed by atoms with Crippen molar-refractivity contribution in [2.24, 2.45) is 0 Å². The van der Waals surface area contributed by atoms with E-state index in [-0.39, 0.29) is 39.9 Å². The summed E-state index contributed by atoms with van der Waals surface area (Å²) in [5, 5.41) is 0.683. The lowest BCUT2D eigenvalue weighted by Gasteiger charge is -2.11. The minimum absolute atomic E-state index is 0.00802. The van der Waals surface area contributed by atoms with Gasteiger partial charge < -0.3 is 0 Å². The Bertz CT molecular complexity index is 1390. The first-order valence-electron chi connectivity index (χ1n) is 10.5. The predicted octanol–water partition coefficient (Wildman–Crippen LogP) is 5.00. The number of benzene rings is 2. The van der Waals surface area contributed by atoms with Crippen molar-refractivity contribution in [2.45, 2.75) is 36.5 Å². The van der Waals surface area contributed by atoms with Crippen LogP contribution >= 0.6 is 23.2 Å². The van der Waals surface area contributed by atoms with Crippen LogP contribution in [0.3, 0.4) is 0 Å². The molecule has 3 rings (SSSR count). The summed E-state index contributed by atoms with van der Waals surface area (Å²) in [5.74, 6) is -0.145. The van der Waals surface area contributed by atoms with Crippen molar-refractivity contribution in [1.29, 1.82) is 0 Å². The number of aromatic nitrogens is 1. The normalized spacial score (nSPS) is 12.0. The second-order valence-corrected chi connectivity index (χ2v) is 13.0. The molecule has 34 heavy (non-hydrogen) atoms. The van der Waals surface area contributed by atoms with E-state index in [4.69, 9.17) is 23.2 Å². The zero-order valence-corrected chi connectivity index (χ0v) is 21.7. The van der Waals surface area contributed by atoms with Crippen LogP contribution in [-0.4, -0.2) is 39.1 Å². The Morgan fingerprint density at radius 3 is 1.82 bits per heavy atom. The number of Topliss-reactive ketones (excluding diaryl/α,β-unsaturated/α-hetero) is 1. The van der Waals surface area contributed by atoms with E-state index in [0.29, 0.717) is 32.4 Å². The zero-order valence-electron chi connectivity index (χ0n) is 18.6. The quantitative estimate of drug-likeness (QED) is 0.379. The third-order valence-corrected chi connectivity index (χ3v) is 9.37. The molecule has 0 fully saturated rings. The van der Waals surface area contributed by atoms with E-state index in [1.165, 1.54) is 30.5 Å². The number of carbonyl (C=O) groups excluding carboxylic acids is 1. The van der Waals surface area contributed by atoms with Gasteiger partial charge in [-0.25, -0.2) is 16.8 Å². The van der Waals surface area contributed by atoms with Crippen LogP contribution in [0.5, 0.6) is 0 Å². The summed E-state index contributed by atoms with van der Waals surface area (Å²) in [6, 6.07) is 12.6. The third-order valence-electron chi connectivity index (χ3n) is 5.30. The highest BCUT2D eigenvalue weighted by molar-refractivity contribution is 7.91. The summed E-state index contributed by atoms with van der Waals surface area (Å²) in [6.45, 7) is 3.14. The van der Waals surface area contributed by atoms with Gasteiger partial charge in [-0.05, 0) is 47.5 Å². The topological polar surface area (TPSA) is 98.2 Å². The van der Waals surface area contributed by atoms with Crippen molar-refractivity contribution < 1.29 is 21.6 Å². The molecule has 0 aliphatic carbocycles. The molecule has 180 valence electrons. The Hall–Kier alpha value is -2.26. The minimum atomic E-state index is -3.35. The molecule has 0 N–H and O–H groups in total. The lowest BCUT2D eigenvalue weighted by atomic mass is 10.0. The molecular weight excluding hydrogens is 517 g/mol. The summed E-state index contributed by atoms with van der Waals surface area (Å²) in [7, 11) is -6.66. The highest BCUT2D eigenvalue weighted by Gasteiger charge is 2.16. The Balaban J connectivity index is 1.75. The number of hydrogen-bond donors (Lipinski definition) is 0. The van der Waals surface area contributed by atoms with Crippen LogP contribution in [0.2, 0.25) is 10.0 Å². The molecule has 0 bridgehead atoms. The molecule has 0 saturated carbocycles. The number of ketones is 1. The molecule has 0 unspecified atom stereocenters. The lowest BCUT2D eigenvalue weighted by molar-refractivity contribution is -0.117. The van der Waals surface area contributed by atoms with Crippen LogP contribution in [0.15, 0.2) is 64.5 Å². The molecular formula is C24H23Cl2NO5S2. The van der Waals surface area contributed by atoms with Crippen LogP contribution in [0.4, 0.5) is 0 Å². The SMILES string of the molecule is CCS(=O)(=O)c1ccc(-c2c(Cl)cc(CC(=O)Cc3ccc(S(=O)(=O)CC)cn3)cc2Cl)cc1. The van der Waals surface area contributed by atoms with E-state index in [1.807, 2.05) is 0 Å². The van der Waals surface area contributed by atoms with E-state index in [1.54, 1.807) is 38.1 Å². The number of sulfone groups is 2. The number of hydrogen-bond acceptors (Lipinski definition) is 6. The molecule has 0 aliphatic heterocycles. The third kappa shape index (κ3) is 6.05. The number of halogens is 2. The van der Waals surface area contributed by atoms with Crippen LogP contribution in [0.1, 0.15) is 25.1 Å². The summed E-state index contributed by atoms with van der Waals surface area (Å²) in [4.78, 5) is 17.0. The maximum atomic E-state index is 12.6. The molecule has 0 aliphatic rings. The van der Waals surface area contributed by atoms with Gasteiger partial charge in [0.15, 0.2) is 19.7 Å². The molecule has 1 aromatic heterocycles. The number of nitrogens with zero attached hydrogens (tertiary/aromatic N) is 1. The van der Waals surface area contributed by atoms with Crippen molar-refractivity contribution >= 4 is 48.7 Å². The standard InChI is InChI=1S/C24H23Cl2NO5S2/c1-3-33(29,30)20-8-5-17(6-9-20)24-22(25)12-16(13-23(24)26)11-19(28)14-18-7-10-21(15-27-18)34(31,32)4-2/h5-10,12-13,15H,3-4,11,14H2,1-2H3. The first kappa shape index (κ1) is 26.3. The van der Waals surface area contributed by atoms with Crippen LogP contribution in [-0.2, 0) is 37.3 Å². The number of carbonyl (C=O) groups is 1. The van der Waals surface area contributed by atoms with Crippen molar-refractivity contribution in [1.82, 2.24) is 4.98 Å². The van der Waals surface area contributed by atoms with Gasteiger partial charge in [0.1, 0.15) is 5.78 Å². The van der Waals surface area contributed by atoms with Crippen LogP contribution in [0, 0.1) is 0 Å². The van der Waals surface area contributed by atoms with Gasteiger partial charge in [0.05, 0.1) is 31.3 Å². The molecule has 6 nitrogen and oxygen atoms in total. The smallest absolute Gasteiger partial charge is 0.179 e. The molecule has 3 aromatic rings. The Morgan fingerprint density at radius 2 is 1.32 bits per heavy atom. The molecule has 10 heteroatoms. The van der Waals surface area contributed by atoms with Crippen molar-refractivity contribution in [3.05, 3.63) is 76.0 Å². The largest absolute Gasteiger partial charge is 0.299 e. The fourth-order valence-corrected chi connectivity index (χ4v) is 5.81. The average molecular weight is 540 g/mol. The van der Waals surface area contributed by atoms with Gasteiger partial charge in [0.2, 0.25) is 0 Å². The maximum Gasteiger partial charge on any atom is 0.179 e.